The first kappa shape index (κ1) is 20.0. The monoisotopic (exact) mass is 407 g/mol. The minimum absolute atomic E-state index is 0.123. The lowest BCUT2D eigenvalue weighted by atomic mass is 9.70. The second-order valence-corrected chi connectivity index (χ2v) is 8.55. The molecule has 4 rings (SSSR count). The van der Waals surface area contributed by atoms with Crippen molar-refractivity contribution in [1.82, 2.24) is 5.32 Å². The van der Waals surface area contributed by atoms with Gasteiger partial charge in [-0.25, -0.2) is 9.18 Å². The van der Waals surface area contributed by atoms with Gasteiger partial charge in [0.2, 0.25) is 0 Å². The summed E-state index contributed by atoms with van der Waals surface area (Å²) in [7, 11) is 0. The number of nitrogens with one attached hydrogen (secondary N) is 1. The first-order valence-corrected chi connectivity index (χ1v) is 9.84. The van der Waals surface area contributed by atoms with Crippen LogP contribution in [-0.2, 0) is 14.3 Å². The smallest absolute Gasteiger partial charge is 0.334 e. The van der Waals surface area contributed by atoms with Gasteiger partial charge >= 0.3 is 5.97 Å². The van der Waals surface area contributed by atoms with Crippen molar-refractivity contribution >= 4 is 17.7 Å². The fraction of sp³-hybridized carbons (Fsp3) is 0.292. The van der Waals surface area contributed by atoms with Gasteiger partial charge in [0.1, 0.15) is 17.6 Å². The molecular formula is C24H22FNO4. The van der Waals surface area contributed by atoms with Crippen molar-refractivity contribution in [3.05, 3.63) is 82.9 Å². The van der Waals surface area contributed by atoms with Crippen LogP contribution in [0.4, 0.5) is 4.39 Å². The second-order valence-electron chi connectivity index (χ2n) is 8.55. The lowest BCUT2D eigenvalue weighted by molar-refractivity contribution is -0.145. The van der Waals surface area contributed by atoms with Crippen LogP contribution in [0.2, 0.25) is 0 Å². The standard InChI is InChI=1S/C24H22FNO4/c1-24(2)12-17(27)20-18(13-24)30-23(29)21(19(20)14-8-10-16(25)11-9-14)26-22(28)15-6-4-3-5-7-15/h3-11,19,21H,12-13H2,1-2H3,(H,26,28). The highest BCUT2D eigenvalue weighted by Crippen LogP contribution is 2.46. The van der Waals surface area contributed by atoms with Crippen molar-refractivity contribution < 1.29 is 23.5 Å². The topological polar surface area (TPSA) is 72.5 Å². The van der Waals surface area contributed by atoms with Crippen LogP contribution in [0.5, 0.6) is 0 Å². The quantitative estimate of drug-likeness (QED) is 0.783. The minimum Gasteiger partial charge on any atom is -0.429 e. The van der Waals surface area contributed by atoms with Crippen molar-refractivity contribution in [2.75, 3.05) is 0 Å². The van der Waals surface area contributed by atoms with Gasteiger partial charge in [-0.3, -0.25) is 9.59 Å². The summed E-state index contributed by atoms with van der Waals surface area (Å²) >= 11 is 0. The summed E-state index contributed by atoms with van der Waals surface area (Å²) in [4.78, 5) is 38.7. The highest BCUT2D eigenvalue weighted by atomic mass is 19.1. The largest absolute Gasteiger partial charge is 0.429 e. The molecule has 1 heterocycles. The van der Waals surface area contributed by atoms with Crippen molar-refractivity contribution in [3.63, 3.8) is 0 Å². The van der Waals surface area contributed by atoms with Crippen molar-refractivity contribution in [2.45, 2.75) is 38.6 Å². The highest BCUT2D eigenvalue weighted by Gasteiger charge is 2.47. The molecule has 1 amide bonds. The molecule has 2 unspecified atom stereocenters. The molecule has 2 aromatic rings. The second kappa shape index (κ2) is 7.52. The van der Waals surface area contributed by atoms with E-state index in [2.05, 4.69) is 5.32 Å². The molecule has 1 aliphatic heterocycles. The third-order valence-electron chi connectivity index (χ3n) is 5.55. The summed E-state index contributed by atoms with van der Waals surface area (Å²) in [5, 5.41) is 2.73. The molecule has 0 fully saturated rings. The third kappa shape index (κ3) is 3.77. The third-order valence-corrected chi connectivity index (χ3v) is 5.55. The van der Waals surface area contributed by atoms with Gasteiger partial charge in [-0.05, 0) is 35.2 Å². The van der Waals surface area contributed by atoms with E-state index in [0.717, 1.165) is 0 Å². The first-order valence-electron chi connectivity index (χ1n) is 9.84. The van der Waals surface area contributed by atoms with Gasteiger partial charge in [0.15, 0.2) is 5.78 Å². The Morgan fingerprint density at radius 1 is 1.03 bits per heavy atom. The molecule has 30 heavy (non-hydrogen) atoms. The van der Waals surface area contributed by atoms with E-state index >= 15 is 0 Å². The van der Waals surface area contributed by atoms with Gasteiger partial charge in [-0.2, -0.15) is 0 Å². The molecule has 0 bridgehead atoms. The van der Waals surface area contributed by atoms with E-state index in [9.17, 15) is 18.8 Å². The summed E-state index contributed by atoms with van der Waals surface area (Å²) in [5.41, 5.74) is 1.02. The number of halogens is 1. The average molecular weight is 407 g/mol. The zero-order valence-electron chi connectivity index (χ0n) is 16.8. The number of hydrogen-bond donors (Lipinski definition) is 1. The average Bonchev–Trinajstić information content (AvgIpc) is 2.69. The number of allylic oxidation sites excluding steroid dienone is 1. The Labute approximate surface area is 173 Å². The molecule has 154 valence electrons. The van der Waals surface area contributed by atoms with E-state index in [1.54, 1.807) is 30.3 Å². The fourth-order valence-electron chi connectivity index (χ4n) is 4.19. The molecule has 1 N–H and O–H groups in total. The van der Waals surface area contributed by atoms with E-state index in [0.29, 0.717) is 35.3 Å². The van der Waals surface area contributed by atoms with E-state index < -0.39 is 29.7 Å². The predicted octanol–water partition coefficient (Wildman–Crippen LogP) is 3.91. The molecule has 0 spiro atoms. The number of ether oxygens (including phenoxy) is 1. The summed E-state index contributed by atoms with van der Waals surface area (Å²) in [6, 6.07) is 13.0. The number of hydrogen-bond acceptors (Lipinski definition) is 4. The van der Waals surface area contributed by atoms with Crippen LogP contribution in [-0.4, -0.2) is 23.7 Å². The Bertz CT molecular complexity index is 1040. The van der Waals surface area contributed by atoms with Crippen LogP contribution >= 0.6 is 0 Å². The van der Waals surface area contributed by atoms with Gasteiger partial charge < -0.3 is 10.1 Å². The molecule has 2 aromatic carbocycles. The number of carbonyl (C=O) groups is 3. The van der Waals surface area contributed by atoms with Gasteiger partial charge in [0.05, 0.1) is 0 Å². The number of rotatable bonds is 3. The van der Waals surface area contributed by atoms with Crippen LogP contribution < -0.4 is 5.32 Å². The summed E-state index contributed by atoms with van der Waals surface area (Å²) < 4.78 is 19.1. The fourth-order valence-corrected chi connectivity index (χ4v) is 4.19. The Kier molecular flexibility index (Phi) is 5.02. The summed E-state index contributed by atoms with van der Waals surface area (Å²) in [6.45, 7) is 3.89. The van der Waals surface area contributed by atoms with Gasteiger partial charge in [0.25, 0.3) is 5.91 Å². The number of ketones is 1. The Morgan fingerprint density at radius 2 is 1.70 bits per heavy atom. The molecule has 0 radical (unpaired) electrons. The van der Waals surface area contributed by atoms with Crippen LogP contribution in [0.1, 0.15) is 48.5 Å². The molecule has 0 saturated carbocycles. The normalized spacial score (nSPS) is 22.9. The first-order chi connectivity index (χ1) is 14.2. The maximum absolute atomic E-state index is 13.5. The molecule has 2 aliphatic rings. The van der Waals surface area contributed by atoms with Crippen LogP contribution in [0, 0.1) is 11.2 Å². The molecule has 0 saturated heterocycles. The van der Waals surface area contributed by atoms with Crippen LogP contribution in [0.3, 0.4) is 0 Å². The lowest BCUT2D eigenvalue weighted by Crippen LogP contribution is -2.51. The molecule has 1 aliphatic carbocycles. The Hall–Kier alpha value is -3.28. The zero-order chi connectivity index (χ0) is 21.5. The number of carbonyl (C=O) groups excluding carboxylic acids is 3. The maximum atomic E-state index is 13.5. The van der Waals surface area contributed by atoms with Crippen LogP contribution in [0.25, 0.3) is 0 Å². The van der Waals surface area contributed by atoms with Gasteiger partial charge in [-0.1, -0.05) is 44.2 Å². The predicted molar refractivity (Wildman–Crippen MR) is 108 cm³/mol. The van der Waals surface area contributed by atoms with Crippen molar-refractivity contribution in [2.24, 2.45) is 5.41 Å². The van der Waals surface area contributed by atoms with E-state index in [-0.39, 0.29) is 11.2 Å². The van der Waals surface area contributed by atoms with Gasteiger partial charge in [-0.15, -0.1) is 0 Å². The molecule has 2 atom stereocenters. The Balaban J connectivity index is 1.78. The molecule has 0 aromatic heterocycles. The SMILES string of the molecule is CC1(C)CC(=O)C2=C(C1)OC(=O)C(NC(=O)c1ccccc1)C2c1ccc(F)cc1. The van der Waals surface area contributed by atoms with Crippen LogP contribution in [0.15, 0.2) is 65.9 Å². The summed E-state index contributed by atoms with van der Waals surface area (Å²) in [5.74, 6) is -2.01. The highest BCUT2D eigenvalue weighted by molar-refractivity contribution is 6.03. The number of benzene rings is 2. The van der Waals surface area contributed by atoms with Crippen molar-refractivity contribution in [3.8, 4) is 0 Å². The zero-order valence-corrected chi connectivity index (χ0v) is 16.8. The number of amides is 1. The summed E-state index contributed by atoms with van der Waals surface area (Å²) in [6.07, 6.45) is 0.747. The lowest BCUT2D eigenvalue weighted by Gasteiger charge is -2.40. The van der Waals surface area contributed by atoms with E-state index in [1.807, 2.05) is 13.8 Å². The number of Topliss-reactive ketones (excluding diaryl/α,β-unsaturated/α-hetero) is 1. The van der Waals surface area contributed by atoms with E-state index in [4.69, 9.17) is 4.74 Å². The van der Waals surface area contributed by atoms with E-state index in [1.165, 1.54) is 24.3 Å². The van der Waals surface area contributed by atoms with Crippen molar-refractivity contribution in [1.29, 1.82) is 0 Å². The minimum atomic E-state index is -1.09. The Morgan fingerprint density at radius 3 is 2.37 bits per heavy atom. The molecule has 6 heteroatoms. The number of esters is 1. The molecular weight excluding hydrogens is 385 g/mol. The molecule has 5 nitrogen and oxygen atoms in total. The maximum Gasteiger partial charge on any atom is 0.334 e. The van der Waals surface area contributed by atoms with Gasteiger partial charge in [0, 0.05) is 29.9 Å².